The predicted molar refractivity (Wildman–Crippen MR) is 66.5 cm³/mol. The van der Waals surface area contributed by atoms with Crippen LogP contribution in [0.5, 0.6) is 5.75 Å². The van der Waals surface area contributed by atoms with Gasteiger partial charge in [0.15, 0.2) is 0 Å². The Kier molecular flexibility index (Phi) is 5.06. The van der Waals surface area contributed by atoms with Crippen LogP contribution in [0.15, 0.2) is 27.6 Å². The molecule has 1 aromatic rings. The van der Waals surface area contributed by atoms with Gasteiger partial charge in [-0.15, -0.1) is 0 Å². The van der Waals surface area contributed by atoms with Gasteiger partial charge in [0.2, 0.25) is 10.0 Å². The van der Waals surface area contributed by atoms with Crippen molar-refractivity contribution < 1.29 is 21.9 Å². The smallest absolute Gasteiger partial charge is 0.252 e. The largest absolute Gasteiger partial charge is 0.496 e. The third-order valence-electron chi connectivity index (χ3n) is 2.23. The lowest BCUT2D eigenvalue weighted by Gasteiger charge is -2.17. The van der Waals surface area contributed by atoms with Gasteiger partial charge in [-0.05, 0) is 34.1 Å². The summed E-state index contributed by atoms with van der Waals surface area (Å²) >= 11 is 3.14. The second-order valence-corrected chi connectivity index (χ2v) is 6.37. The van der Waals surface area contributed by atoms with E-state index in [4.69, 9.17) is 4.74 Å². The van der Waals surface area contributed by atoms with Crippen molar-refractivity contribution in [1.82, 2.24) is 4.31 Å². The van der Waals surface area contributed by atoms with Crippen molar-refractivity contribution >= 4 is 26.0 Å². The normalized spacial score (nSPS) is 12.2. The molecule has 8 heteroatoms. The highest BCUT2D eigenvalue weighted by atomic mass is 79.9. The first-order chi connectivity index (χ1) is 8.28. The van der Waals surface area contributed by atoms with Gasteiger partial charge >= 0.3 is 0 Å². The molecule has 102 valence electrons. The van der Waals surface area contributed by atoms with E-state index in [-0.39, 0.29) is 4.90 Å². The molecule has 0 heterocycles. The van der Waals surface area contributed by atoms with Gasteiger partial charge in [0.05, 0.1) is 23.0 Å². The van der Waals surface area contributed by atoms with E-state index < -0.39 is 23.0 Å². The van der Waals surface area contributed by atoms with E-state index in [1.807, 2.05) is 0 Å². The average molecular weight is 344 g/mol. The molecule has 0 aliphatic carbocycles. The minimum atomic E-state index is -3.91. The van der Waals surface area contributed by atoms with E-state index >= 15 is 0 Å². The van der Waals surface area contributed by atoms with Gasteiger partial charge in [-0.2, -0.15) is 4.31 Å². The van der Waals surface area contributed by atoms with Crippen molar-refractivity contribution in [3.63, 3.8) is 0 Å². The zero-order valence-corrected chi connectivity index (χ0v) is 12.1. The van der Waals surface area contributed by atoms with E-state index in [1.54, 1.807) is 0 Å². The van der Waals surface area contributed by atoms with Gasteiger partial charge in [-0.3, -0.25) is 0 Å². The van der Waals surface area contributed by atoms with E-state index in [2.05, 4.69) is 15.9 Å². The molecule has 4 nitrogen and oxygen atoms in total. The lowest BCUT2D eigenvalue weighted by Crippen LogP contribution is -2.31. The number of methoxy groups -OCH3 is 1. The number of alkyl halides is 2. The highest BCUT2D eigenvalue weighted by molar-refractivity contribution is 9.10. The van der Waals surface area contributed by atoms with Crippen LogP contribution in [-0.2, 0) is 10.0 Å². The van der Waals surface area contributed by atoms with Crippen LogP contribution in [0.2, 0.25) is 0 Å². The van der Waals surface area contributed by atoms with Gasteiger partial charge in [0, 0.05) is 7.05 Å². The number of benzene rings is 1. The maximum absolute atomic E-state index is 12.2. The summed E-state index contributed by atoms with van der Waals surface area (Å²) in [6.07, 6.45) is -2.72. The fraction of sp³-hybridized carbons (Fsp3) is 0.400. The maximum atomic E-state index is 12.2. The van der Waals surface area contributed by atoms with Crippen molar-refractivity contribution in [2.75, 3.05) is 20.7 Å². The summed E-state index contributed by atoms with van der Waals surface area (Å²) in [4.78, 5) is -0.0710. The van der Waals surface area contributed by atoms with Crippen LogP contribution >= 0.6 is 15.9 Å². The molecule has 0 saturated heterocycles. The van der Waals surface area contributed by atoms with E-state index in [0.717, 1.165) is 7.05 Å². The Bertz CT molecular complexity index is 522. The number of nitrogens with zero attached hydrogens (tertiary/aromatic N) is 1. The van der Waals surface area contributed by atoms with Gasteiger partial charge in [0.1, 0.15) is 5.75 Å². The first-order valence-corrected chi connectivity index (χ1v) is 7.10. The molecule has 18 heavy (non-hydrogen) atoms. The molecule has 1 rings (SSSR count). The quantitative estimate of drug-likeness (QED) is 0.824. The summed E-state index contributed by atoms with van der Waals surface area (Å²) in [6, 6.07) is 4.07. The molecule has 0 aromatic heterocycles. The van der Waals surface area contributed by atoms with Crippen molar-refractivity contribution in [3.8, 4) is 5.75 Å². The van der Waals surface area contributed by atoms with Gasteiger partial charge in [0.25, 0.3) is 6.43 Å². The Hall–Kier alpha value is -0.730. The molecular weight excluding hydrogens is 332 g/mol. The van der Waals surface area contributed by atoms with E-state index in [1.165, 1.54) is 25.3 Å². The highest BCUT2D eigenvalue weighted by Crippen LogP contribution is 2.28. The molecule has 0 amide bonds. The number of hydrogen-bond donors (Lipinski definition) is 0. The number of halogens is 3. The molecule has 0 radical (unpaired) electrons. The minimum absolute atomic E-state index is 0.0710. The van der Waals surface area contributed by atoms with E-state index in [0.29, 0.717) is 14.5 Å². The second-order valence-electron chi connectivity index (χ2n) is 3.47. The lowest BCUT2D eigenvalue weighted by atomic mass is 10.3. The first kappa shape index (κ1) is 15.3. The molecule has 0 aliphatic heterocycles. The summed E-state index contributed by atoms with van der Waals surface area (Å²) in [5.41, 5.74) is 0. The summed E-state index contributed by atoms with van der Waals surface area (Å²) in [6.45, 7) is -0.841. The second kappa shape index (κ2) is 5.94. The van der Waals surface area contributed by atoms with Crippen LogP contribution in [0.1, 0.15) is 0 Å². The monoisotopic (exact) mass is 343 g/mol. The molecule has 0 fully saturated rings. The molecule has 0 N–H and O–H groups in total. The zero-order valence-electron chi connectivity index (χ0n) is 9.73. The van der Waals surface area contributed by atoms with Crippen LogP contribution in [0.25, 0.3) is 0 Å². The van der Waals surface area contributed by atoms with Crippen LogP contribution in [-0.4, -0.2) is 39.9 Å². The van der Waals surface area contributed by atoms with Crippen molar-refractivity contribution in [2.24, 2.45) is 0 Å². The lowest BCUT2D eigenvalue weighted by molar-refractivity contribution is 0.126. The zero-order chi connectivity index (χ0) is 13.9. The maximum Gasteiger partial charge on any atom is 0.252 e. The minimum Gasteiger partial charge on any atom is -0.496 e. The Morgan fingerprint density at radius 1 is 1.44 bits per heavy atom. The predicted octanol–water partition coefficient (Wildman–Crippen LogP) is 2.34. The molecule has 0 spiro atoms. The number of ether oxygens (including phenoxy) is 1. The van der Waals surface area contributed by atoms with E-state index in [9.17, 15) is 17.2 Å². The Labute approximate surface area is 113 Å². The molecule has 0 aliphatic rings. The topological polar surface area (TPSA) is 46.6 Å². The number of sulfonamides is 1. The fourth-order valence-corrected chi connectivity index (χ4v) is 3.15. The average Bonchev–Trinajstić information content (AvgIpc) is 2.27. The summed E-state index contributed by atoms with van der Waals surface area (Å²) in [5, 5.41) is 0. The SMILES string of the molecule is COc1ccc(S(=O)(=O)N(C)CC(F)F)cc1Br. The van der Waals surface area contributed by atoms with Crippen LogP contribution in [0, 0.1) is 0 Å². The van der Waals surface area contributed by atoms with Crippen molar-refractivity contribution in [1.29, 1.82) is 0 Å². The van der Waals surface area contributed by atoms with Gasteiger partial charge in [-0.1, -0.05) is 0 Å². The summed E-state index contributed by atoms with van der Waals surface area (Å²) < 4.78 is 54.3. The first-order valence-electron chi connectivity index (χ1n) is 4.87. The number of hydrogen-bond acceptors (Lipinski definition) is 3. The summed E-state index contributed by atoms with van der Waals surface area (Å²) in [7, 11) is -1.36. The molecular formula is C10H12BrF2NO3S. The molecule has 0 bridgehead atoms. The molecule has 0 atom stereocenters. The molecule has 0 unspecified atom stereocenters. The van der Waals surface area contributed by atoms with Crippen LogP contribution < -0.4 is 4.74 Å². The number of rotatable bonds is 5. The van der Waals surface area contributed by atoms with Gasteiger partial charge < -0.3 is 4.74 Å². The highest BCUT2D eigenvalue weighted by Gasteiger charge is 2.24. The third-order valence-corrected chi connectivity index (χ3v) is 4.67. The third kappa shape index (κ3) is 3.39. The summed E-state index contributed by atoms with van der Waals surface area (Å²) in [5.74, 6) is 0.463. The molecule has 0 saturated carbocycles. The van der Waals surface area contributed by atoms with Crippen molar-refractivity contribution in [2.45, 2.75) is 11.3 Å². The van der Waals surface area contributed by atoms with Crippen molar-refractivity contribution in [3.05, 3.63) is 22.7 Å². The van der Waals surface area contributed by atoms with Gasteiger partial charge in [-0.25, -0.2) is 17.2 Å². The fourth-order valence-electron chi connectivity index (χ4n) is 1.28. The Morgan fingerprint density at radius 2 is 2.06 bits per heavy atom. The molecule has 1 aromatic carbocycles. The van der Waals surface area contributed by atoms with Crippen LogP contribution in [0.3, 0.4) is 0 Å². The standard InChI is InChI=1S/C10H12BrF2NO3S/c1-14(6-10(12)13)18(15,16)7-3-4-9(17-2)8(11)5-7/h3-5,10H,6H2,1-2H3. The van der Waals surface area contributed by atoms with Crippen LogP contribution in [0.4, 0.5) is 8.78 Å². The Balaban J connectivity index is 3.09. The Morgan fingerprint density at radius 3 is 2.50 bits per heavy atom.